The summed E-state index contributed by atoms with van der Waals surface area (Å²) in [6.45, 7) is 14.2. The predicted molar refractivity (Wildman–Crippen MR) is 79.5 cm³/mol. The van der Waals surface area contributed by atoms with E-state index >= 15 is 0 Å². The summed E-state index contributed by atoms with van der Waals surface area (Å²) in [6.07, 6.45) is 1.11. The van der Waals surface area contributed by atoms with Crippen LogP contribution in [0.4, 0.5) is 0 Å². The molecule has 0 saturated carbocycles. The van der Waals surface area contributed by atoms with E-state index in [4.69, 9.17) is 4.98 Å². The molecule has 1 aromatic rings. The number of hydrogen-bond donors (Lipinski definition) is 1. The Morgan fingerprint density at radius 2 is 2.11 bits per heavy atom. The third kappa shape index (κ3) is 3.18. The fourth-order valence-electron chi connectivity index (χ4n) is 2.61. The van der Waals surface area contributed by atoms with Crippen molar-refractivity contribution in [1.82, 2.24) is 19.8 Å². The van der Waals surface area contributed by atoms with Gasteiger partial charge in [-0.05, 0) is 13.6 Å². The van der Waals surface area contributed by atoms with E-state index in [0.717, 1.165) is 39.1 Å². The minimum absolute atomic E-state index is 0.113. The Kier molecular flexibility index (Phi) is 4.31. The van der Waals surface area contributed by atoms with Crippen LogP contribution in [0.15, 0.2) is 0 Å². The van der Waals surface area contributed by atoms with E-state index in [1.165, 1.54) is 17.2 Å². The van der Waals surface area contributed by atoms with Gasteiger partial charge in [-0.1, -0.05) is 27.7 Å². The van der Waals surface area contributed by atoms with Crippen molar-refractivity contribution in [3.63, 3.8) is 0 Å². The van der Waals surface area contributed by atoms with Crippen LogP contribution in [0.25, 0.3) is 0 Å². The highest BCUT2D eigenvalue weighted by Gasteiger charge is 2.26. The highest BCUT2D eigenvalue weighted by Crippen LogP contribution is 2.26. The van der Waals surface area contributed by atoms with Gasteiger partial charge in [0.15, 0.2) is 0 Å². The van der Waals surface area contributed by atoms with Gasteiger partial charge >= 0.3 is 0 Å². The Balaban J connectivity index is 2.30. The topological polar surface area (TPSA) is 33.1 Å². The Morgan fingerprint density at radius 1 is 1.37 bits per heavy atom. The molecule has 1 N–H and O–H groups in total. The molecule has 0 radical (unpaired) electrons. The van der Waals surface area contributed by atoms with Crippen molar-refractivity contribution >= 4 is 0 Å². The third-order valence-corrected chi connectivity index (χ3v) is 3.90. The molecular weight excluding hydrogens is 236 g/mol. The van der Waals surface area contributed by atoms with Crippen LogP contribution in [0.3, 0.4) is 0 Å². The van der Waals surface area contributed by atoms with Crippen LogP contribution in [-0.2, 0) is 24.9 Å². The molecule has 0 unspecified atom stereocenters. The molecule has 4 heteroatoms. The number of hydrogen-bond acceptors (Lipinski definition) is 3. The molecular formula is C15H28N4. The van der Waals surface area contributed by atoms with Gasteiger partial charge in [-0.2, -0.15) is 0 Å². The Bertz CT molecular complexity index is 428. The van der Waals surface area contributed by atoms with Crippen LogP contribution >= 0.6 is 0 Å². The molecule has 0 saturated heterocycles. The molecule has 2 heterocycles. The first-order chi connectivity index (χ1) is 8.93. The molecule has 0 bridgehead atoms. The molecule has 1 aliphatic rings. The van der Waals surface area contributed by atoms with Gasteiger partial charge in [-0.15, -0.1) is 0 Å². The maximum atomic E-state index is 4.91. The Morgan fingerprint density at radius 3 is 2.74 bits per heavy atom. The summed E-state index contributed by atoms with van der Waals surface area (Å²) < 4.78 is 2.47. The molecule has 2 rings (SSSR count). The van der Waals surface area contributed by atoms with Gasteiger partial charge in [-0.3, -0.25) is 0 Å². The minimum atomic E-state index is 0.113. The highest BCUT2D eigenvalue weighted by atomic mass is 15.2. The molecule has 19 heavy (non-hydrogen) atoms. The van der Waals surface area contributed by atoms with Gasteiger partial charge in [0.25, 0.3) is 0 Å². The molecule has 0 fully saturated rings. The van der Waals surface area contributed by atoms with E-state index in [9.17, 15) is 0 Å². The summed E-state index contributed by atoms with van der Waals surface area (Å²) in [5.41, 5.74) is 2.82. The summed E-state index contributed by atoms with van der Waals surface area (Å²) in [5, 5.41) is 3.42. The van der Waals surface area contributed by atoms with Gasteiger partial charge in [0.2, 0.25) is 0 Å². The van der Waals surface area contributed by atoms with Gasteiger partial charge < -0.3 is 14.8 Å². The second kappa shape index (κ2) is 5.63. The van der Waals surface area contributed by atoms with Crippen LogP contribution in [0.1, 0.15) is 44.9 Å². The first kappa shape index (κ1) is 14.5. The van der Waals surface area contributed by atoms with Crippen molar-refractivity contribution in [3.8, 4) is 0 Å². The average Bonchev–Trinajstić information content (AvgIpc) is 2.74. The number of imidazole rings is 1. The zero-order valence-electron chi connectivity index (χ0n) is 13.1. The Labute approximate surface area is 117 Å². The van der Waals surface area contributed by atoms with E-state index in [2.05, 4.69) is 49.5 Å². The minimum Gasteiger partial charge on any atom is -0.330 e. The SMILES string of the molecule is CCN(C)CCn1c(C(C)(C)C)nc2c1CCNC2. The molecule has 0 spiro atoms. The van der Waals surface area contributed by atoms with Crippen molar-refractivity contribution in [2.24, 2.45) is 0 Å². The van der Waals surface area contributed by atoms with E-state index in [-0.39, 0.29) is 5.41 Å². The van der Waals surface area contributed by atoms with Crippen LogP contribution in [0.2, 0.25) is 0 Å². The maximum Gasteiger partial charge on any atom is 0.114 e. The number of nitrogens with one attached hydrogen (secondary N) is 1. The monoisotopic (exact) mass is 264 g/mol. The first-order valence-corrected chi connectivity index (χ1v) is 7.41. The lowest BCUT2D eigenvalue weighted by molar-refractivity contribution is 0.326. The van der Waals surface area contributed by atoms with Crippen LogP contribution in [0, 0.1) is 0 Å². The number of nitrogens with zero attached hydrogens (tertiary/aromatic N) is 3. The fourth-order valence-corrected chi connectivity index (χ4v) is 2.61. The fraction of sp³-hybridized carbons (Fsp3) is 0.800. The number of likely N-dealkylation sites (N-methyl/N-ethyl adjacent to an activating group) is 1. The van der Waals surface area contributed by atoms with E-state index in [1.807, 2.05) is 0 Å². The summed E-state index contributed by atoms with van der Waals surface area (Å²) in [5.74, 6) is 1.24. The summed E-state index contributed by atoms with van der Waals surface area (Å²) in [7, 11) is 2.18. The zero-order chi connectivity index (χ0) is 14.0. The first-order valence-electron chi connectivity index (χ1n) is 7.41. The lowest BCUT2D eigenvalue weighted by atomic mass is 9.95. The van der Waals surface area contributed by atoms with Gasteiger partial charge in [0.05, 0.1) is 5.69 Å². The lowest BCUT2D eigenvalue weighted by Gasteiger charge is -2.23. The summed E-state index contributed by atoms with van der Waals surface area (Å²) in [4.78, 5) is 7.27. The standard InChI is InChI=1S/C15H28N4/c1-6-18(5)9-10-19-13-7-8-16-11-12(13)17-14(19)15(2,3)4/h16H,6-11H2,1-5H3. The normalized spacial score (nSPS) is 15.9. The Hall–Kier alpha value is -0.870. The molecule has 0 aliphatic carbocycles. The molecule has 4 nitrogen and oxygen atoms in total. The lowest BCUT2D eigenvalue weighted by Crippen LogP contribution is -2.29. The van der Waals surface area contributed by atoms with Gasteiger partial charge in [-0.25, -0.2) is 4.98 Å². The quantitative estimate of drug-likeness (QED) is 0.900. The van der Waals surface area contributed by atoms with E-state index < -0.39 is 0 Å². The molecule has 0 atom stereocenters. The molecule has 108 valence electrons. The largest absolute Gasteiger partial charge is 0.330 e. The van der Waals surface area contributed by atoms with E-state index in [0.29, 0.717) is 0 Å². The van der Waals surface area contributed by atoms with Crippen molar-refractivity contribution < 1.29 is 0 Å². The van der Waals surface area contributed by atoms with Gasteiger partial charge in [0.1, 0.15) is 5.82 Å². The maximum absolute atomic E-state index is 4.91. The molecule has 1 aliphatic heterocycles. The average molecular weight is 264 g/mol. The van der Waals surface area contributed by atoms with Crippen molar-refractivity contribution in [2.45, 2.75) is 52.6 Å². The smallest absolute Gasteiger partial charge is 0.114 e. The molecule has 0 aromatic carbocycles. The van der Waals surface area contributed by atoms with Crippen LogP contribution < -0.4 is 5.32 Å². The highest BCUT2D eigenvalue weighted by molar-refractivity contribution is 5.23. The van der Waals surface area contributed by atoms with Crippen LogP contribution in [0.5, 0.6) is 0 Å². The number of rotatable bonds is 4. The van der Waals surface area contributed by atoms with Crippen molar-refractivity contribution in [3.05, 3.63) is 17.2 Å². The van der Waals surface area contributed by atoms with Gasteiger partial charge in [0, 0.05) is 43.7 Å². The molecule has 1 aromatic heterocycles. The van der Waals surface area contributed by atoms with Crippen molar-refractivity contribution in [2.75, 3.05) is 26.7 Å². The van der Waals surface area contributed by atoms with Crippen LogP contribution in [-0.4, -0.2) is 41.1 Å². The predicted octanol–water partition coefficient (Wildman–Crippen LogP) is 1.78. The second-order valence-electron chi connectivity index (χ2n) is 6.55. The third-order valence-electron chi connectivity index (χ3n) is 3.90. The summed E-state index contributed by atoms with van der Waals surface area (Å²) >= 11 is 0. The number of fused-ring (bicyclic) bond motifs is 1. The second-order valence-corrected chi connectivity index (χ2v) is 6.55. The zero-order valence-corrected chi connectivity index (χ0v) is 13.1. The molecule has 0 amide bonds. The number of aromatic nitrogens is 2. The van der Waals surface area contributed by atoms with E-state index in [1.54, 1.807) is 0 Å². The summed E-state index contributed by atoms with van der Waals surface area (Å²) in [6, 6.07) is 0. The van der Waals surface area contributed by atoms with Crippen molar-refractivity contribution in [1.29, 1.82) is 0 Å².